The molecule has 2 atom stereocenters. The van der Waals surface area contributed by atoms with E-state index in [1.165, 1.54) is 6.92 Å². The number of carbonyl (C=O) groups is 3. The van der Waals surface area contributed by atoms with Crippen molar-refractivity contribution in [3.05, 3.63) is 29.8 Å². The molecule has 0 aliphatic carbocycles. The van der Waals surface area contributed by atoms with Gasteiger partial charge in [0.1, 0.15) is 0 Å². The van der Waals surface area contributed by atoms with Gasteiger partial charge in [-0.3, -0.25) is 14.4 Å². The van der Waals surface area contributed by atoms with Crippen LogP contribution in [0.5, 0.6) is 0 Å². The fourth-order valence-electron chi connectivity index (χ4n) is 2.30. The van der Waals surface area contributed by atoms with Crippen LogP contribution in [0.3, 0.4) is 0 Å². The normalized spacial score (nSPS) is 13.0. The summed E-state index contributed by atoms with van der Waals surface area (Å²) in [5, 5.41) is 5.56. The third-order valence-corrected chi connectivity index (χ3v) is 3.76. The number of carbonyl (C=O) groups excluding carboxylic acids is 3. The molecule has 1 rings (SSSR count). The minimum absolute atomic E-state index is 0.0498. The SMILES string of the molecule is CCNC(=O)C[NH+](CC)[C@@H](C)C(=O)Nc1cccc(C(C)=O)c1. The van der Waals surface area contributed by atoms with Crippen molar-refractivity contribution in [2.24, 2.45) is 0 Å². The lowest BCUT2D eigenvalue weighted by Gasteiger charge is -2.23. The molecule has 0 aromatic heterocycles. The van der Waals surface area contributed by atoms with E-state index in [9.17, 15) is 14.4 Å². The molecule has 0 aliphatic heterocycles. The van der Waals surface area contributed by atoms with E-state index in [2.05, 4.69) is 10.6 Å². The quantitative estimate of drug-likeness (QED) is 0.601. The first-order valence-electron chi connectivity index (χ1n) is 7.92. The molecule has 0 saturated carbocycles. The number of hydrogen-bond donors (Lipinski definition) is 3. The van der Waals surface area contributed by atoms with E-state index in [-0.39, 0.29) is 30.2 Å². The molecule has 1 aromatic rings. The number of ketones is 1. The third-order valence-electron chi connectivity index (χ3n) is 3.76. The number of nitrogens with one attached hydrogen (secondary N) is 3. The van der Waals surface area contributed by atoms with E-state index >= 15 is 0 Å². The van der Waals surface area contributed by atoms with Gasteiger partial charge in [-0.2, -0.15) is 0 Å². The van der Waals surface area contributed by atoms with Crippen molar-refractivity contribution in [3.8, 4) is 0 Å². The number of Topliss-reactive ketones (excluding diaryl/α,β-unsaturated/α-hetero) is 1. The first-order valence-corrected chi connectivity index (χ1v) is 7.92. The lowest BCUT2D eigenvalue weighted by molar-refractivity contribution is -0.904. The average Bonchev–Trinajstić information content (AvgIpc) is 2.52. The summed E-state index contributed by atoms with van der Waals surface area (Å²) in [5.74, 6) is -0.291. The summed E-state index contributed by atoms with van der Waals surface area (Å²) < 4.78 is 0. The topological polar surface area (TPSA) is 79.7 Å². The van der Waals surface area contributed by atoms with Gasteiger partial charge in [-0.25, -0.2) is 0 Å². The number of rotatable bonds is 8. The highest BCUT2D eigenvalue weighted by Gasteiger charge is 2.25. The largest absolute Gasteiger partial charge is 0.351 e. The lowest BCUT2D eigenvalue weighted by Crippen LogP contribution is -3.17. The maximum absolute atomic E-state index is 12.4. The summed E-state index contributed by atoms with van der Waals surface area (Å²) in [7, 11) is 0. The van der Waals surface area contributed by atoms with Gasteiger partial charge in [0.2, 0.25) is 0 Å². The number of amides is 2. The first kappa shape index (κ1) is 18.8. The second-order valence-electron chi connectivity index (χ2n) is 5.49. The molecule has 6 nitrogen and oxygen atoms in total. The van der Waals surface area contributed by atoms with E-state index in [1.54, 1.807) is 31.2 Å². The highest BCUT2D eigenvalue weighted by Crippen LogP contribution is 2.11. The van der Waals surface area contributed by atoms with Crippen LogP contribution in [0.1, 0.15) is 38.1 Å². The fraction of sp³-hybridized carbons (Fsp3) is 0.471. The Morgan fingerprint density at radius 3 is 2.48 bits per heavy atom. The van der Waals surface area contributed by atoms with Crippen LogP contribution in [0.2, 0.25) is 0 Å². The molecule has 1 aromatic carbocycles. The second-order valence-corrected chi connectivity index (χ2v) is 5.49. The van der Waals surface area contributed by atoms with E-state index in [0.717, 1.165) is 4.90 Å². The van der Waals surface area contributed by atoms with Gasteiger partial charge in [0, 0.05) is 17.8 Å². The Kier molecular flexibility index (Phi) is 7.41. The molecule has 126 valence electrons. The number of likely N-dealkylation sites (N-methyl/N-ethyl adjacent to an activating group) is 2. The summed E-state index contributed by atoms with van der Waals surface area (Å²) in [6, 6.07) is 6.47. The molecule has 0 bridgehead atoms. The maximum atomic E-state index is 12.4. The monoisotopic (exact) mass is 320 g/mol. The molecule has 0 saturated heterocycles. The summed E-state index contributed by atoms with van der Waals surface area (Å²) in [4.78, 5) is 36.4. The van der Waals surface area contributed by atoms with Gasteiger partial charge >= 0.3 is 0 Å². The van der Waals surface area contributed by atoms with Gasteiger partial charge in [0.25, 0.3) is 11.8 Å². The van der Waals surface area contributed by atoms with Crippen molar-refractivity contribution in [1.82, 2.24) is 5.32 Å². The summed E-state index contributed by atoms with van der Waals surface area (Å²) >= 11 is 0. The molecule has 0 spiro atoms. The van der Waals surface area contributed by atoms with Gasteiger partial charge < -0.3 is 15.5 Å². The van der Waals surface area contributed by atoms with Gasteiger partial charge in [0.15, 0.2) is 18.4 Å². The van der Waals surface area contributed by atoms with Crippen LogP contribution >= 0.6 is 0 Å². The van der Waals surface area contributed by atoms with Crippen molar-refractivity contribution < 1.29 is 19.3 Å². The predicted molar refractivity (Wildman–Crippen MR) is 89.6 cm³/mol. The standard InChI is InChI=1S/C17H25N3O3/c1-5-18-16(22)11-20(6-2)12(3)17(23)19-15-9-7-8-14(10-15)13(4)21/h7-10,12H,5-6,11H2,1-4H3,(H,18,22)(H,19,23)/p+1/t12-/m0/s1. The zero-order valence-corrected chi connectivity index (χ0v) is 14.2. The molecule has 0 aliphatic rings. The highest BCUT2D eigenvalue weighted by molar-refractivity contribution is 5.98. The fourth-order valence-corrected chi connectivity index (χ4v) is 2.30. The van der Waals surface area contributed by atoms with E-state index in [4.69, 9.17) is 0 Å². The van der Waals surface area contributed by atoms with Crippen LogP contribution in [-0.4, -0.2) is 43.3 Å². The van der Waals surface area contributed by atoms with Gasteiger partial charge in [-0.1, -0.05) is 12.1 Å². The summed E-state index contributed by atoms with van der Waals surface area (Å²) in [6.07, 6.45) is 0. The molecule has 1 unspecified atom stereocenters. The predicted octanol–water partition coefficient (Wildman–Crippen LogP) is 0.257. The Morgan fingerprint density at radius 2 is 1.91 bits per heavy atom. The van der Waals surface area contributed by atoms with Crippen molar-refractivity contribution in [2.75, 3.05) is 25.0 Å². The maximum Gasteiger partial charge on any atom is 0.282 e. The van der Waals surface area contributed by atoms with Crippen LogP contribution < -0.4 is 15.5 Å². The molecular weight excluding hydrogens is 294 g/mol. The van der Waals surface area contributed by atoms with Crippen LogP contribution in [0.25, 0.3) is 0 Å². The number of benzene rings is 1. The van der Waals surface area contributed by atoms with E-state index in [0.29, 0.717) is 24.3 Å². The molecule has 3 N–H and O–H groups in total. The second kappa shape index (κ2) is 9.05. The zero-order chi connectivity index (χ0) is 17.4. The van der Waals surface area contributed by atoms with Crippen LogP contribution in [0.4, 0.5) is 5.69 Å². The molecule has 0 fully saturated rings. The average molecular weight is 320 g/mol. The lowest BCUT2D eigenvalue weighted by atomic mass is 10.1. The minimum Gasteiger partial charge on any atom is -0.351 e. The minimum atomic E-state index is -0.372. The summed E-state index contributed by atoms with van der Waals surface area (Å²) in [5.41, 5.74) is 1.14. The number of quaternary nitrogens is 1. The number of hydrogen-bond acceptors (Lipinski definition) is 3. The molecule has 2 amide bonds. The van der Waals surface area contributed by atoms with Crippen molar-refractivity contribution in [3.63, 3.8) is 0 Å². The van der Waals surface area contributed by atoms with Crippen LogP contribution in [-0.2, 0) is 9.59 Å². The Bertz CT molecular complexity index is 572. The van der Waals surface area contributed by atoms with Crippen molar-refractivity contribution in [2.45, 2.75) is 33.7 Å². The Labute approximate surface area is 137 Å². The first-order chi connectivity index (χ1) is 10.9. The Balaban J connectivity index is 2.73. The Morgan fingerprint density at radius 1 is 1.22 bits per heavy atom. The molecule has 6 heteroatoms. The van der Waals surface area contributed by atoms with Gasteiger partial charge in [0.05, 0.1) is 6.54 Å². The smallest absolute Gasteiger partial charge is 0.282 e. The van der Waals surface area contributed by atoms with Gasteiger partial charge in [-0.15, -0.1) is 0 Å². The van der Waals surface area contributed by atoms with Gasteiger partial charge in [-0.05, 0) is 39.8 Å². The van der Waals surface area contributed by atoms with Crippen molar-refractivity contribution >= 4 is 23.3 Å². The van der Waals surface area contributed by atoms with Crippen LogP contribution in [0.15, 0.2) is 24.3 Å². The van der Waals surface area contributed by atoms with E-state index in [1.807, 2.05) is 13.8 Å². The van der Waals surface area contributed by atoms with E-state index < -0.39 is 0 Å². The summed E-state index contributed by atoms with van der Waals surface area (Å²) in [6.45, 7) is 8.58. The van der Waals surface area contributed by atoms with Crippen LogP contribution in [0, 0.1) is 0 Å². The highest BCUT2D eigenvalue weighted by atomic mass is 16.2. The molecule has 0 heterocycles. The molecular formula is C17H26N3O3+. The molecule has 23 heavy (non-hydrogen) atoms. The number of anilines is 1. The third kappa shape index (κ3) is 5.83. The zero-order valence-electron chi connectivity index (χ0n) is 14.2. The Hall–Kier alpha value is -2.21. The molecule has 0 radical (unpaired) electrons. The van der Waals surface area contributed by atoms with Crippen molar-refractivity contribution in [1.29, 1.82) is 0 Å².